The molecule has 1 saturated heterocycles. The highest BCUT2D eigenvalue weighted by molar-refractivity contribution is 7.89. The number of amides is 1. The second kappa shape index (κ2) is 11.6. The number of methoxy groups -OCH3 is 1. The Morgan fingerprint density at radius 3 is 2.30 bits per heavy atom. The highest BCUT2D eigenvalue weighted by Crippen LogP contribution is 2.24. The fourth-order valence-electron chi connectivity index (χ4n) is 3.37. The summed E-state index contributed by atoms with van der Waals surface area (Å²) in [6.07, 6.45) is 1.74. The first kappa shape index (κ1) is 25.1. The molecule has 0 aliphatic carbocycles. The van der Waals surface area contributed by atoms with Crippen molar-refractivity contribution >= 4 is 38.9 Å². The molecule has 2 N–H and O–H groups in total. The number of thiocarbonyl (C=S) groups is 1. The van der Waals surface area contributed by atoms with Crippen molar-refractivity contribution < 1.29 is 22.7 Å². The van der Waals surface area contributed by atoms with Gasteiger partial charge in [0.1, 0.15) is 12.4 Å². The van der Waals surface area contributed by atoms with E-state index in [1.807, 2.05) is 0 Å². The van der Waals surface area contributed by atoms with Gasteiger partial charge in [-0.25, -0.2) is 8.42 Å². The molecule has 0 bridgehead atoms. The summed E-state index contributed by atoms with van der Waals surface area (Å²) in [5.74, 6) is 0.819. The lowest BCUT2D eigenvalue weighted by molar-refractivity contribution is 0.0977. The molecule has 10 heteroatoms. The molecule has 0 radical (unpaired) electrons. The van der Waals surface area contributed by atoms with Crippen LogP contribution in [0.15, 0.2) is 53.4 Å². The van der Waals surface area contributed by atoms with Crippen molar-refractivity contribution in [1.82, 2.24) is 9.62 Å². The van der Waals surface area contributed by atoms with E-state index in [4.69, 9.17) is 21.7 Å². The van der Waals surface area contributed by atoms with E-state index in [9.17, 15) is 13.2 Å². The van der Waals surface area contributed by atoms with Crippen LogP contribution in [-0.2, 0) is 14.8 Å². The second-order valence-electron chi connectivity index (χ2n) is 7.88. The molecule has 2 aromatic carbocycles. The van der Waals surface area contributed by atoms with Gasteiger partial charge < -0.3 is 14.8 Å². The molecule has 178 valence electrons. The van der Waals surface area contributed by atoms with Gasteiger partial charge in [-0.15, -0.1) is 0 Å². The number of carbonyl (C=O) groups is 1. The zero-order chi connectivity index (χ0) is 23.8. The Balaban J connectivity index is 1.53. The molecule has 1 heterocycles. The summed E-state index contributed by atoms with van der Waals surface area (Å²) in [6, 6.07) is 13.0. The van der Waals surface area contributed by atoms with Gasteiger partial charge in [0.15, 0.2) is 5.11 Å². The van der Waals surface area contributed by atoms with Crippen LogP contribution in [0.3, 0.4) is 0 Å². The van der Waals surface area contributed by atoms with E-state index in [2.05, 4.69) is 17.6 Å². The van der Waals surface area contributed by atoms with Crippen molar-refractivity contribution in [3.63, 3.8) is 0 Å². The molecule has 0 atom stereocenters. The predicted octanol–water partition coefficient (Wildman–Crippen LogP) is 3.26. The van der Waals surface area contributed by atoms with Crippen LogP contribution >= 0.6 is 12.2 Å². The molecule has 1 amide bonds. The molecule has 1 aliphatic rings. The fraction of sp³-hybridized carbons (Fsp3) is 0.391. The standard InChI is InChI=1S/C23H29N3O5S2/c1-17-11-13-26(14-12-17)33(28,29)21-9-5-19(6-10-21)24-23(32)25-22(27)18-3-7-20(8-4-18)31-16-15-30-2/h3-10,17H,11-16H2,1-2H3,(H2,24,25,27,32). The minimum absolute atomic E-state index is 0.112. The molecule has 8 nitrogen and oxygen atoms in total. The van der Waals surface area contributed by atoms with Gasteiger partial charge >= 0.3 is 0 Å². The number of nitrogens with one attached hydrogen (secondary N) is 2. The van der Waals surface area contributed by atoms with Gasteiger partial charge in [0, 0.05) is 31.5 Å². The summed E-state index contributed by atoms with van der Waals surface area (Å²) >= 11 is 5.22. The Morgan fingerprint density at radius 1 is 1.06 bits per heavy atom. The average molecular weight is 492 g/mol. The van der Waals surface area contributed by atoms with E-state index in [1.165, 1.54) is 4.31 Å². The monoisotopic (exact) mass is 491 g/mol. The molecule has 3 rings (SSSR count). The minimum atomic E-state index is -3.51. The number of piperidine rings is 1. The third-order valence-electron chi connectivity index (χ3n) is 5.39. The van der Waals surface area contributed by atoms with Crippen molar-refractivity contribution in [3.8, 4) is 5.75 Å². The largest absolute Gasteiger partial charge is 0.491 e. The Bertz CT molecular complexity index is 1050. The fourth-order valence-corrected chi connectivity index (χ4v) is 5.05. The number of ether oxygens (including phenoxy) is 2. The quantitative estimate of drug-likeness (QED) is 0.432. The number of sulfonamides is 1. The van der Waals surface area contributed by atoms with Crippen LogP contribution in [0, 0.1) is 5.92 Å². The predicted molar refractivity (Wildman–Crippen MR) is 131 cm³/mol. The number of anilines is 1. The van der Waals surface area contributed by atoms with E-state index in [0.717, 1.165) is 12.8 Å². The van der Waals surface area contributed by atoms with Crippen molar-refractivity contribution in [3.05, 3.63) is 54.1 Å². The van der Waals surface area contributed by atoms with Crippen LogP contribution in [0.25, 0.3) is 0 Å². The summed E-state index contributed by atoms with van der Waals surface area (Å²) < 4.78 is 37.6. The first-order valence-corrected chi connectivity index (χ1v) is 12.6. The van der Waals surface area contributed by atoms with E-state index < -0.39 is 10.0 Å². The molecule has 1 fully saturated rings. The Morgan fingerprint density at radius 2 is 1.70 bits per heavy atom. The van der Waals surface area contributed by atoms with Gasteiger partial charge in [0.25, 0.3) is 5.91 Å². The first-order chi connectivity index (χ1) is 15.8. The van der Waals surface area contributed by atoms with Crippen molar-refractivity contribution in [2.24, 2.45) is 5.92 Å². The van der Waals surface area contributed by atoms with E-state index in [-0.39, 0.29) is 15.9 Å². The zero-order valence-electron chi connectivity index (χ0n) is 18.7. The second-order valence-corrected chi connectivity index (χ2v) is 10.2. The number of nitrogens with zero attached hydrogens (tertiary/aromatic N) is 1. The van der Waals surface area contributed by atoms with Gasteiger partial charge in [0.2, 0.25) is 10.0 Å². The average Bonchev–Trinajstić information content (AvgIpc) is 2.80. The number of hydrogen-bond acceptors (Lipinski definition) is 6. The lowest BCUT2D eigenvalue weighted by atomic mass is 10.0. The highest BCUT2D eigenvalue weighted by atomic mass is 32.2. The van der Waals surface area contributed by atoms with Crippen LogP contribution in [0.5, 0.6) is 5.75 Å². The summed E-state index contributed by atoms with van der Waals surface area (Å²) in [7, 11) is -1.91. The van der Waals surface area contributed by atoms with Gasteiger partial charge in [-0.05, 0) is 79.5 Å². The van der Waals surface area contributed by atoms with Crippen LogP contribution in [-0.4, -0.2) is 57.2 Å². The SMILES string of the molecule is COCCOc1ccc(C(=O)NC(=S)Nc2ccc(S(=O)(=O)N3CCC(C)CC3)cc2)cc1. The normalized spacial score (nSPS) is 15.1. The Labute approximate surface area is 200 Å². The van der Waals surface area contributed by atoms with Gasteiger partial charge in [-0.3, -0.25) is 10.1 Å². The molecule has 0 aromatic heterocycles. The highest BCUT2D eigenvalue weighted by Gasteiger charge is 2.27. The molecular formula is C23H29N3O5S2. The van der Waals surface area contributed by atoms with Crippen LogP contribution < -0.4 is 15.4 Å². The maximum absolute atomic E-state index is 12.8. The molecular weight excluding hydrogens is 462 g/mol. The third-order valence-corrected chi connectivity index (χ3v) is 7.51. The maximum Gasteiger partial charge on any atom is 0.257 e. The van der Waals surface area contributed by atoms with E-state index in [1.54, 1.807) is 55.6 Å². The molecule has 0 saturated carbocycles. The maximum atomic E-state index is 12.8. The molecule has 0 unspecified atom stereocenters. The molecule has 33 heavy (non-hydrogen) atoms. The van der Waals surface area contributed by atoms with Gasteiger partial charge in [-0.2, -0.15) is 4.31 Å². The van der Waals surface area contributed by atoms with Crippen molar-refractivity contribution in [1.29, 1.82) is 0 Å². The van der Waals surface area contributed by atoms with Crippen molar-refractivity contribution in [2.45, 2.75) is 24.7 Å². The topological polar surface area (TPSA) is 97.0 Å². The Kier molecular flexibility index (Phi) is 8.79. The molecule has 0 spiro atoms. The van der Waals surface area contributed by atoms with Crippen LogP contribution in [0.1, 0.15) is 30.1 Å². The summed E-state index contributed by atoms with van der Waals surface area (Å²) in [5, 5.41) is 5.63. The molecule has 1 aliphatic heterocycles. The third kappa shape index (κ3) is 6.97. The van der Waals surface area contributed by atoms with Crippen LogP contribution in [0.4, 0.5) is 5.69 Å². The summed E-state index contributed by atoms with van der Waals surface area (Å²) in [6.45, 7) is 4.12. The minimum Gasteiger partial charge on any atom is -0.491 e. The zero-order valence-corrected chi connectivity index (χ0v) is 20.4. The van der Waals surface area contributed by atoms with Crippen molar-refractivity contribution in [2.75, 3.05) is 38.7 Å². The molecule has 2 aromatic rings. The number of rotatable bonds is 8. The number of benzene rings is 2. The number of hydrogen-bond donors (Lipinski definition) is 2. The van der Waals surface area contributed by atoms with Gasteiger partial charge in [-0.1, -0.05) is 6.92 Å². The van der Waals surface area contributed by atoms with E-state index in [0.29, 0.717) is 49.2 Å². The van der Waals surface area contributed by atoms with Crippen LogP contribution in [0.2, 0.25) is 0 Å². The van der Waals surface area contributed by atoms with Gasteiger partial charge in [0.05, 0.1) is 11.5 Å². The lowest BCUT2D eigenvalue weighted by Crippen LogP contribution is -2.37. The Hall–Kier alpha value is -2.53. The summed E-state index contributed by atoms with van der Waals surface area (Å²) in [5.41, 5.74) is 1.00. The van der Waals surface area contributed by atoms with E-state index >= 15 is 0 Å². The lowest BCUT2D eigenvalue weighted by Gasteiger charge is -2.29. The smallest absolute Gasteiger partial charge is 0.257 e. The first-order valence-electron chi connectivity index (χ1n) is 10.7. The summed E-state index contributed by atoms with van der Waals surface area (Å²) in [4.78, 5) is 12.7. The number of carbonyl (C=O) groups excluding carboxylic acids is 1.